The van der Waals surface area contributed by atoms with E-state index in [0.29, 0.717) is 24.6 Å². The van der Waals surface area contributed by atoms with Crippen LogP contribution in [-0.4, -0.2) is 145 Å². The third-order valence-corrected chi connectivity index (χ3v) is 4.86. The van der Waals surface area contributed by atoms with Crippen LogP contribution in [0.15, 0.2) is 0 Å². The summed E-state index contributed by atoms with van der Waals surface area (Å²) in [6.07, 6.45) is 0.600. The lowest BCUT2D eigenvalue weighted by Crippen LogP contribution is -2.42. The van der Waals surface area contributed by atoms with Crippen LogP contribution in [0.3, 0.4) is 0 Å². The molecular weight excluding hydrogens is 520 g/mol. The van der Waals surface area contributed by atoms with Crippen LogP contribution >= 0.6 is 0 Å². The number of imide groups is 1. The van der Waals surface area contributed by atoms with Gasteiger partial charge in [0.2, 0.25) is 11.8 Å². The van der Waals surface area contributed by atoms with E-state index in [0.717, 1.165) is 0 Å². The number of hydrogen-bond donors (Lipinski definition) is 1. The molecule has 4 amide bonds. The third kappa shape index (κ3) is 17.4. The number of hydroxylamine groups is 2. The zero-order chi connectivity index (χ0) is 30.2. The quantitative estimate of drug-likeness (QED) is 0.189. The second kappa shape index (κ2) is 24.2. The molecule has 1 aliphatic heterocycles. The Kier molecular flexibility index (Phi) is 23.8. The molecule has 1 rings (SSSR count). The van der Waals surface area contributed by atoms with Gasteiger partial charge in [-0.15, -0.1) is 0 Å². The van der Waals surface area contributed by atoms with Crippen molar-refractivity contribution in [2.45, 2.75) is 26.2 Å². The van der Waals surface area contributed by atoms with Gasteiger partial charge in [-0.1, -0.05) is 6.92 Å². The number of nitrogens with two attached hydrogens (primary N) is 1. The van der Waals surface area contributed by atoms with Crippen molar-refractivity contribution < 1.29 is 52.6 Å². The second-order valence-electron chi connectivity index (χ2n) is 7.77. The highest BCUT2D eigenvalue weighted by atomic mass is 16.7. The van der Waals surface area contributed by atoms with E-state index in [9.17, 15) is 28.8 Å². The molecule has 0 atom stereocenters. The monoisotopic (exact) mass is 564 g/mol. The van der Waals surface area contributed by atoms with Gasteiger partial charge in [0.05, 0.1) is 26.3 Å². The van der Waals surface area contributed by atoms with Gasteiger partial charge in [0, 0.05) is 60.8 Å². The SMILES string of the molecule is CCC(=O)CN(CCOC)C(=O)COC.CN.COCCN(CC(=O)CON1C(=O)CCC1=O)C(=O)COC. The van der Waals surface area contributed by atoms with Crippen LogP contribution in [0.5, 0.6) is 0 Å². The molecule has 226 valence electrons. The highest BCUT2D eigenvalue weighted by Gasteiger charge is 2.31. The number of hydrogen-bond acceptors (Lipinski definition) is 12. The standard InChI is InChI=1S/C13H20N2O7.C10H19NO4.CH5N/c1-20-6-5-14(13(19)9-21-2)7-10(16)8-22-15-11(17)3-4-12(15)18;1-4-9(12)7-11(5-6-14-2)10(13)8-15-3;1-2/h3-9H2,1-2H3;4-8H2,1-3H3;2H2,1H3. The van der Waals surface area contributed by atoms with Gasteiger partial charge >= 0.3 is 0 Å². The minimum absolute atomic E-state index is 0.000703. The normalized spacial score (nSPS) is 12.2. The average Bonchev–Trinajstić information content (AvgIpc) is 3.25. The van der Waals surface area contributed by atoms with E-state index in [2.05, 4.69) is 5.73 Å². The summed E-state index contributed by atoms with van der Waals surface area (Å²) in [4.78, 5) is 76.6. The molecule has 1 saturated heterocycles. The summed E-state index contributed by atoms with van der Waals surface area (Å²) in [7, 11) is 7.37. The lowest BCUT2D eigenvalue weighted by Gasteiger charge is -2.21. The summed E-state index contributed by atoms with van der Waals surface area (Å²) in [5, 5.41) is 0.606. The first kappa shape index (κ1) is 38.3. The summed E-state index contributed by atoms with van der Waals surface area (Å²) >= 11 is 0. The first-order chi connectivity index (χ1) is 18.6. The third-order valence-electron chi connectivity index (χ3n) is 4.86. The maximum absolute atomic E-state index is 11.8. The fourth-order valence-corrected chi connectivity index (χ4v) is 2.84. The van der Waals surface area contributed by atoms with E-state index in [4.69, 9.17) is 23.8 Å². The Morgan fingerprint density at radius 2 is 1.13 bits per heavy atom. The zero-order valence-corrected chi connectivity index (χ0v) is 23.9. The Balaban J connectivity index is 0. The Bertz CT molecular complexity index is 748. The maximum atomic E-state index is 11.8. The molecule has 0 aromatic rings. The largest absolute Gasteiger partial charge is 0.383 e. The van der Waals surface area contributed by atoms with Gasteiger partial charge in [0.1, 0.15) is 19.8 Å². The smallest absolute Gasteiger partial charge is 0.254 e. The maximum Gasteiger partial charge on any atom is 0.254 e. The molecule has 0 aromatic heterocycles. The molecule has 0 aliphatic carbocycles. The number of Topliss-reactive ketones (excluding diaryl/α,β-unsaturated/α-hetero) is 2. The fraction of sp³-hybridized carbons (Fsp3) is 0.750. The highest BCUT2D eigenvalue weighted by molar-refractivity contribution is 6.00. The fourth-order valence-electron chi connectivity index (χ4n) is 2.84. The van der Waals surface area contributed by atoms with Crippen molar-refractivity contribution in [3.05, 3.63) is 0 Å². The Hall–Kier alpha value is -2.82. The molecule has 0 aromatic carbocycles. The summed E-state index contributed by atoms with van der Waals surface area (Å²) in [5.41, 5.74) is 4.50. The second-order valence-corrected chi connectivity index (χ2v) is 7.77. The van der Waals surface area contributed by atoms with Gasteiger partial charge < -0.3 is 34.5 Å². The van der Waals surface area contributed by atoms with Crippen LogP contribution in [-0.2, 0) is 52.6 Å². The molecule has 15 heteroatoms. The van der Waals surface area contributed by atoms with Crippen LogP contribution in [0.1, 0.15) is 26.2 Å². The first-order valence-corrected chi connectivity index (χ1v) is 12.3. The van der Waals surface area contributed by atoms with Crippen molar-refractivity contribution >= 4 is 35.2 Å². The lowest BCUT2D eigenvalue weighted by molar-refractivity contribution is -0.188. The molecule has 0 unspecified atom stereocenters. The van der Waals surface area contributed by atoms with Crippen LogP contribution in [0.4, 0.5) is 0 Å². The molecule has 15 nitrogen and oxygen atoms in total. The molecule has 2 N–H and O–H groups in total. The summed E-state index contributed by atoms with van der Waals surface area (Å²) in [6, 6.07) is 0. The number of carbonyl (C=O) groups is 6. The van der Waals surface area contributed by atoms with E-state index in [1.54, 1.807) is 14.0 Å². The molecule has 1 heterocycles. The molecule has 0 spiro atoms. The number of methoxy groups -OCH3 is 4. The minimum atomic E-state index is -0.468. The van der Waals surface area contributed by atoms with Crippen molar-refractivity contribution in [2.75, 3.05) is 94.7 Å². The van der Waals surface area contributed by atoms with Gasteiger partial charge in [-0.25, -0.2) is 0 Å². The van der Waals surface area contributed by atoms with Crippen LogP contribution < -0.4 is 5.73 Å². The summed E-state index contributed by atoms with van der Waals surface area (Å²) in [5.74, 6) is -1.88. The molecule has 0 saturated carbocycles. The van der Waals surface area contributed by atoms with Gasteiger partial charge in [0.15, 0.2) is 11.6 Å². The molecular formula is C24H44N4O11. The van der Waals surface area contributed by atoms with E-state index in [-0.39, 0.29) is 69.9 Å². The van der Waals surface area contributed by atoms with Crippen molar-refractivity contribution in [2.24, 2.45) is 5.73 Å². The van der Waals surface area contributed by atoms with E-state index in [1.807, 2.05) is 0 Å². The highest BCUT2D eigenvalue weighted by Crippen LogP contribution is 2.11. The number of ether oxygens (including phenoxy) is 4. The van der Waals surface area contributed by atoms with Gasteiger partial charge in [-0.2, -0.15) is 5.06 Å². The lowest BCUT2D eigenvalue weighted by atomic mass is 10.3. The summed E-state index contributed by atoms with van der Waals surface area (Å²) < 4.78 is 19.2. The Morgan fingerprint density at radius 1 is 0.718 bits per heavy atom. The number of nitrogens with zero attached hydrogens (tertiary/aromatic N) is 3. The molecule has 1 fully saturated rings. The first-order valence-electron chi connectivity index (χ1n) is 12.3. The minimum Gasteiger partial charge on any atom is -0.383 e. The summed E-state index contributed by atoms with van der Waals surface area (Å²) in [6.45, 7) is 2.44. The predicted octanol–water partition coefficient (Wildman–Crippen LogP) is -1.58. The van der Waals surface area contributed by atoms with Gasteiger partial charge in [-0.3, -0.25) is 33.6 Å². The molecule has 0 bridgehead atoms. The average molecular weight is 565 g/mol. The van der Waals surface area contributed by atoms with Gasteiger partial charge in [-0.05, 0) is 7.05 Å². The molecule has 1 aliphatic rings. The number of ketones is 2. The Morgan fingerprint density at radius 3 is 1.49 bits per heavy atom. The van der Waals surface area contributed by atoms with Crippen molar-refractivity contribution in [1.29, 1.82) is 0 Å². The van der Waals surface area contributed by atoms with Crippen molar-refractivity contribution in [1.82, 2.24) is 14.9 Å². The number of amides is 4. The van der Waals surface area contributed by atoms with Crippen LogP contribution in [0.2, 0.25) is 0 Å². The van der Waals surface area contributed by atoms with E-state index in [1.165, 1.54) is 38.2 Å². The number of carbonyl (C=O) groups excluding carboxylic acids is 6. The number of rotatable bonds is 18. The van der Waals surface area contributed by atoms with Crippen LogP contribution in [0, 0.1) is 0 Å². The van der Waals surface area contributed by atoms with Crippen LogP contribution in [0.25, 0.3) is 0 Å². The Labute approximate surface area is 229 Å². The van der Waals surface area contributed by atoms with Crippen molar-refractivity contribution in [3.63, 3.8) is 0 Å². The molecule has 0 radical (unpaired) electrons. The van der Waals surface area contributed by atoms with Gasteiger partial charge in [0.25, 0.3) is 11.8 Å². The predicted molar refractivity (Wildman–Crippen MR) is 138 cm³/mol. The van der Waals surface area contributed by atoms with E-state index < -0.39 is 24.2 Å². The molecule has 39 heavy (non-hydrogen) atoms. The van der Waals surface area contributed by atoms with E-state index >= 15 is 0 Å². The topological polar surface area (TPSA) is 184 Å². The zero-order valence-electron chi connectivity index (χ0n) is 23.9. The van der Waals surface area contributed by atoms with Crippen molar-refractivity contribution in [3.8, 4) is 0 Å².